The van der Waals surface area contributed by atoms with E-state index < -0.39 is 0 Å². The van der Waals surface area contributed by atoms with Crippen molar-refractivity contribution in [1.82, 2.24) is 20.0 Å². The van der Waals surface area contributed by atoms with Crippen molar-refractivity contribution in [2.45, 2.75) is 72.3 Å². The molecule has 24 heavy (non-hydrogen) atoms. The summed E-state index contributed by atoms with van der Waals surface area (Å²) < 4.78 is 1.87. The summed E-state index contributed by atoms with van der Waals surface area (Å²) in [6, 6.07) is 3.75. The number of H-pyrrole nitrogens is 1. The van der Waals surface area contributed by atoms with Gasteiger partial charge in [-0.05, 0) is 33.3 Å². The van der Waals surface area contributed by atoms with Crippen LogP contribution in [0.2, 0.25) is 0 Å². The molecule has 132 valence electrons. The second-order valence-corrected chi connectivity index (χ2v) is 8.23. The van der Waals surface area contributed by atoms with E-state index in [9.17, 15) is 4.79 Å². The van der Waals surface area contributed by atoms with E-state index in [2.05, 4.69) is 64.0 Å². The van der Waals surface area contributed by atoms with Gasteiger partial charge in [0.2, 0.25) is 0 Å². The van der Waals surface area contributed by atoms with Crippen molar-refractivity contribution in [2.24, 2.45) is 0 Å². The van der Waals surface area contributed by atoms with Gasteiger partial charge in [0, 0.05) is 17.2 Å². The number of aryl methyl sites for hydroxylation is 1. The van der Waals surface area contributed by atoms with E-state index in [4.69, 9.17) is 5.10 Å². The number of hydrogen-bond donors (Lipinski definition) is 2. The minimum Gasteiger partial charge on any atom is -0.305 e. The van der Waals surface area contributed by atoms with E-state index in [-0.39, 0.29) is 16.9 Å². The number of carbonyl (C=O) groups is 1. The summed E-state index contributed by atoms with van der Waals surface area (Å²) in [5.41, 5.74) is 2.00. The molecule has 6 nitrogen and oxygen atoms in total. The van der Waals surface area contributed by atoms with E-state index in [0.29, 0.717) is 11.5 Å². The van der Waals surface area contributed by atoms with Crippen molar-refractivity contribution in [1.29, 1.82) is 0 Å². The Kier molecular flexibility index (Phi) is 4.87. The van der Waals surface area contributed by atoms with Gasteiger partial charge < -0.3 is 5.32 Å². The maximum atomic E-state index is 12.5. The zero-order chi connectivity index (χ0) is 18.1. The summed E-state index contributed by atoms with van der Waals surface area (Å²) in [5, 5.41) is 14.7. The Morgan fingerprint density at radius 3 is 2.42 bits per heavy atom. The van der Waals surface area contributed by atoms with Crippen LogP contribution in [0.25, 0.3) is 0 Å². The SMILES string of the molecule is CCCc1cc(C(=O)Nc2cc(C(C)(C)C)nn2C(C)(C)C)n[nH]1. The van der Waals surface area contributed by atoms with Gasteiger partial charge in [-0.2, -0.15) is 10.2 Å². The van der Waals surface area contributed by atoms with Crippen LogP contribution in [0, 0.1) is 0 Å². The second-order valence-electron chi connectivity index (χ2n) is 8.23. The minimum absolute atomic E-state index is 0.0867. The Morgan fingerprint density at radius 2 is 1.88 bits per heavy atom. The number of aromatic amines is 1. The van der Waals surface area contributed by atoms with E-state index in [0.717, 1.165) is 24.2 Å². The van der Waals surface area contributed by atoms with Crippen LogP contribution in [0.1, 0.15) is 76.8 Å². The summed E-state index contributed by atoms with van der Waals surface area (Å²) in [6.07, 6.45) is 1.89. The molecule has 0 saturated heterocycles. The Hall–Kier alpha value is -2.11. The topological polar surface area (TPSA) is 75.6 Å². The molecule has 0 bridgehead atoms. The lowest BCUT2D eigenvalue weighted by atomic mass is 9.92. The molecule has 0 spiro atoms. The van der Waals surface area contributed by atoms with Crippen LogP contribution in [0.3, 0.4) is 0 Å². The Morgan fingerprint density at radius 1 is 1.21 bits per heavy atom. The number of carbonyl (C=O) groups excluding carboxylic acids is 1. The van der Waals surface area contributed by atoms with Crippen LogP contribution in [-0.2, 0) is 17.4 Å². The zero-order valence-electron chi connectivity index (χ0n) is 15.8. The van der Waals surface area contributed by atoms with Crippen molar-refractivity contribution in [2.75, 3.05) is 5.32 Å². The van der Waals surface area contributed by atoms with Gasteiger partial charge in [-0.15, -0.1) is 0 Å². The van der Waals surface area contributed by atoms with Crippen molar-refractivity contribution in [3.8, 4) is 0 Å². The van der Waals surface area contributed by atoms with Gasteiger partial charge in [0.15, 0.2) is 5.69 Å². The highest BCUT2D eigenvalue weighted by Crippen LogP contribution is 2.28. The lowest BCUT2D eigenvalue weighted by molar-refractivity contribution is 0.102. The summed E-state index contributed by atoms with van der Waals surface area (Å²) in [5.74, 6) is 0.469. The summed E-state index contributed by atoms with van der Waals surface area (Å²) in [6.45, 7) is 14.6. The first-order chi connectivity index (χ1) is 11.0. The highest BCUT2D eigenvalue weighted by Gasteiger charge is 2.26. The average Bonchev–Trinajstić information content (AvgIpc) is 3.04. The fraction of sp³-hybridized carbons (Fsp3) is 0.611. The highest BCUT2D eigenvalue weighted by atomic mass is 16.2. The van der Waals surface area contributed by atoms with Gasteiger partial charge >= 0.3 is 0 Å². The first-order valence-electron chi connectivity index (χ1n) is 8.49. The maximum absolute atomic E-state index is 12.5. The van der Waals surface area contributed by atoms with Gasteiger partial charge in [0.05, 0.1) is 11.2 Å². The van der Waals surface area contributed by atoms with E-state index >= 15 is 0 Å². The molecule has 2 N–H and O–H groups in total. The molecule has 6 heteroatoms. The van der Waals surface area contributed by atoms with E-state index in [1.807, 2.05) is 10.7 Å². The normalized spacial score (nSPS) is 12.5. The summed E-state index contributed by atoms with van der Waals surface area (Å²) >= 11 is 0. The van der Waals surface area contributed by atoms with Gasteiger partial charge in [-0.1, -0.05) is 34.1 Å². The number of hydrogen-bond acceptors (Lipinski definition) is 3. The quantitative estimate of drug-likeness (QED) is 0.893. The number of anilines is 1. The molecule has 0 aliphatic rings. The molecule has 0 atom stereocenters. The molecule has 1 amide bonds. The average molecular weight is 331 g/mol. The first-order valence-corrected chi connectivity index (χ1v) is 8.49. The predicted molar refractivity (Wildman–Crippen MR) is 96.5 cm³/mol. The molecule has 2 aromatic heterocycles. The largest absolute Gasteiger partial charge is 0.305 e. The van der Waals surface area contributed by atoms with Crippen LogP contribution >= 0.6 is 0 Å². The fourth-order valence-corrected chi connectivity index (χ4v) is 2.40. The minimum atomic E-state index is -0.231. The Balaban J connectivity index is 2.30. The third kappa shape index (κ3) is 4.04. The van der Waals surface area contributed by atoms with Crippen LogP contribution in [0.4, 0.5) is 5.82 Å². The monoisotopic (exact) mass is 331 g/mol. The van der Waals surface area contributed by atoms with E-state index in [1.165, 1.54) is 0 Å². The summed E-state index contributed by atoms with van der Waals surface area (Å²) in [7, 11) is 0. The fourth-order valence-electron chi connectivity index (χ4n) is 2.40. The molecule has 0 unspecified atom stereocenters. The molecule has 0 fully saturated rings. The van der Waals surface area contributed by atoms with Gasteiger partial charge in [-0.3, -0.25) is 9.89 Å². The molecular weight excluding hydrogens is 302 g/mol. The lowest BCUT2D eigenvalue weighted by Gasteiger charge is -2.22. The van der Waals surface area contributed by atoms with Crippen molar-refractivity contribution in [3.05, 3.63) is 29.2 Å². The standard InChI is InChI=1S/C18H29N5O/c1-8-9-12-10-13(21-20-12)16(24)19-15-11-14(17(2,3)4)22-23(15)18(5,6)7/h10-11H,8-9H2,1-7H3,(H,19,24)(H,20,21). The molecule has 0 radical (unpaired) electrons. The van der Waals surface area contributed by atoms with Crippen LogP contribution in [0.5, 0.6) is 0 Å². The second kappa shape index (κ2) is 6.42. The number of rotatable bonds is 4. The summed E-state index contributed by atoms with van der Waals surface area (Å²) in [4.78, 5) is 12.5. The van der Waals surface area contributed by atoms with Gasteiger partial charge in [0.25, 0.3) is 5.91 Å². The third-order valence-corrected chi connectivity index (χ3v) is 3.74. The van der Waals surface area contributed by atoms with Gasteiger partial charge in [0.1, 0.15) is 5.82 Å². The molecule has 2 rings (SSSR count). The van der Waals surface area contributed by atoms with Crippen LogP contribution in [-0.4, -0.2) is 25.9 Å². The number of aromatic nitrogens is 4. The predicted octanol–water partition coefficient (Wildman–Crippen LogP) is 3.86. The third-order valence-electron chi connectivity index (χ3n) is 3.74. The molecule has 2 aromatic rings. The maximum Gasteiger partial charge on any atom is 0.277 e. The highest BCUT2D eigenvalue weighted by molar-refractivity contribution is 6.02. The van der Waals surface area contributed by atoms with Crippen molar-refractivity contribution in [3.63, 3.8) is 0 Å². The van der Waals surface area contributed by atoms with Crippen molar-refractivity contribution >= 4 is 11.7 Å². The smallest absolute Gasteiger partial charge is 0.277 e. The Bertz CT molecular complexity index is 713. The van der Waals surface area contributed by atoms with Gasteiger partial charge in [-0.25, -0.2) is 4.68 Å². The lowest BCUT2D eigenvalue weighted by Crippen LogP contribution is -2.27. The van der Waals surface area contributed by atoms with E-state index in [1.54, 1.807) is 6.07 Å². The van der Waals surface area contributed by atoms with Crippen molar-refractivity contribution < 1.29 is 4.79 Å². The zero-order valence-corrected chi connectivity index (χ0v) is 15.8. The number of amides is 1. The van der Waals surface area contributed by atoms with Crippen LogP contribution < -0.4 is 5.32 Å². The molecule has 0 aliphatic heterocycles. The molecular formula is C18H29N5O. The molecule has 0 aromatic carbocycles. The Labute approximate surface area is 144 Å². The molecule has 2 heterocycles. The number of nitrogens with zero attached hydrogens (tertiary/aromatic N) is 3. The first kappa shape index (κ1) is 18.2. The van der Waals surface area contributed by atoms with Crippen LogP contribution in [0.15, 0.2) is 12.1 Å². The number of nitrogens with one attached hydrogen (secondary N) is 2. The molecule has 0 aliphatic carbocycles. The molecule has 0 saturated carbocycles.